The number of ether oxygens (including phenoxy) is 2. The van der Waals surface area contributed by atoms with Crippen LogP contribution in [0.25, 0.3) is 0 Å². The van der Waals surface area contributed by atoms with E-state index in [2.05, 4.69) is 31.9 Å². The van der Waals surface area contributed by atoms with Crippen molar-refractivity contribution in [3.05, 3.63) is 32.4 Å². The van der Waals surface area contributed by atoms with Gasteiger partial charge in [0.15, 0.2) is 11.6 Å². The summed E-state index contributed by atoms with van der Waals surface area (Å²) in [6.07, 6.45) is 1.73. The summed E-state index contributed by atoms with van der Waals surface area (Å²) in [7, 11) is 1.36. The Bertz CT molecular complexity index is 383. The molecule has 0 amide bonds. The van der Waals surface area contributed by atoms with Crippen molar-refractivity contribution < 1.29 is 13.9 Å². The maximum Gasteiger partial charge on any atom is 0.173 e. The second-order valence-corrected chi connectivity index (χ2v) is 5.90. The molecule has 0 atom stereocenters. The largest absolute Gasteiger partial charge is 0.492 e. The highest BCUT2D eigenvalue weighted by molar-refractivity contribution is 9.28. The van der Waals surface area contributed by atoms with Crippen molar-refractivity contribution in [2.75, 3.05) is 13.7 Å². The quantitative estimate of drug-likeness (QED) is 0.773. The Hall–Kier alpha value is -0.260. The lowest BCUT2D eigenvalue weighted by Crippen LogP contribution is -1.96. The summed E-state index contributed by atoms with van der Waals surface area (Å²) in [5.41, 5.74) is 0. The highest BCUT2D eigenvalue weighted by Gasteiger charge is 2.10. The maximum absolute atomic E-state index is 13.4. The molecule has 0 aliphatic rings. The van der Waals surface area contributed by atoms with Crippen molar-refractivity contribution in [3.8, 4) is 11.5 Å². The molecule has 0 saturated heterocycles. The molecule has 0 heterocycles. The van der Waals surface area contributed by atoms with Crippen LogP contribution in [-0.2, 0) is 0 Å². The van der Waals surface area contributed by atoms with Crippen LogP contribution in [0.2, 0.25) is 5.02 Å². The average molecular weight is 374 g/mol. The Morgan fingerprint density at radius 2 is 2.19 bits per heavy atom. The molecule has 88 valence electrons. The van der Waals surface area contributed by atoms with Gasteiger partial charge in [-0.05, 0) is 37.9 Å². The van der Waals surface area contributed by atoms with Gasteiger partial charge in [0.2, 0.25) is 0 Å². The molecular formula is C10H8Br2ClFO2. The van der Waals surface area contributed by atoms with Crippen molar-refractivity contribution >= 4 is 43.5 Å². The second kappa shape index (κ2) is 6.47. The first-order valence-corrected chi connectivity index (χ1v) is 6.18. The van der Waals surface area contributed by atoms with Crippen LogP contribution in [0.3, 0.4) is 0 Å². The summed E-state index contributed by atoms with van der Waals surface area (Å²) in [5, 5.41) is 0.180. The van der Waals surface area contributed by atoms with Crippen LogP contribution in [-0.4, -0.2) is 13.7 Å². The number of benzene rings is 1. The fourth-order valence-corrected chi connectivity index (χ4v) is 1.56. The molecule has 0 aliphatic heterocycles. The summed E-state index contributed by atoms with van der Waals surface area (Å²) in [6.45, 7) is 0.300. The minimum Gasteiger partial charge on any atom is -0.492 e. The molecule has 0 saturated carbocycles. The highest BCUT2D eigenvalue weighted by atomic mass is 79.9. The lowest BCUT2D eigenvalue weighted by Gasteiger charge is -2.08. The molecular weight excluding hydrogens is 366 g/mol. The minimum atomic E-state index is -0.549. The third-order valence-corrected chi connectivity index (χ3v) is 2.59. The zero-order valence-electron chi connectivity index (χ0n) is 8.27. The van der Waals surface area contributed by atoms with Crippen LogP contribution in [0.15, 0.2) is 21.6 Å². The van der Waals surface area contributed by atoms with Gasteiger partial charge in [-0.2, -0.15) is 0 Å². The van der Waals surface area contributed by atoms with Crippen molar-refractivity contribution in [1.29, 1.82) is 0 Å². The molecule has 16 heavy (non-hydrogen) atoms. The van der Waals surface area contributed by atoms with Crippen molar-refractivity contribution in [3.63, 3.8) is 0 Å². The maximum atomic E-state index is 13.4. The predicted octanol–water partition coefficient (Wildman–Crippen LogP) is 4.50. The average Bonchev–Trinajstić information content (AvgIpc) is 2.16. The molecule has 2 nitrogen and oxygen atoms in total. The molecule has 0 spiro atoms. The molecule has 0 bridgehead atoms. The van der Waals surface area contributed by atoms with Crippen molar-refractivity contribution in [2.45, 2.75) is 0 Å². The van der Waals surface area contributed by atoms with Gasteiger partial charge < -0.3 is 9.47 Å². The van der Waals surface area contributed by atoms with E-state index in [0.717, 1.165) is 3.39 Å². The molecule has 1 rings (SSSR count). The van der Waals surface area contributed by atoms with E-state index in [0.29, 0.717) is 12.4 Å². The van der Waals surface area contributed by atoms with Crippen LogP contribution < -0.4 is 9.47 Å². The molecule has 1 aromatic carbocycles. The van der Waals surface area contributed by atoms with Gasteiger partial charge in [-0.1, -0.05) is 11.6 Å². The van der Waals surface area contributed by atoms with Crippen LogP contribution in [0.4, 0.5) is 4.39 Å². The van der Waals surface area contributed by atoms with Gasteiger partial charge in [-0.3, -0.25) is 0 Å². The summed E-state index contributed by atoms with van der Waals surface area (Å²) in [6, 6.07) is 2.72. The van der Waals surface area contributed by atoms with E-state index in [1.54, 1.807) is 6.08 Å². The molecule has 0 N–H and O–H groups in total. The third kappa shape index (κ3) is 3.96. The van der Waals surface area contributed by atoms with E-state index in [4.69, 9.17) is 21.1 Å². The van der Waals surface area contributed by atoms with E-state index >= 15 is 0 Å². The standard InChI is InChI=1S/C10H8Br2ClFO2/c1-15-10-7(13)4-6(5-8(10)14)16-3-2-9(11)12/h2,4-5H,3H2,1H3. The van der Waals surface area contributed by atoms with Gasteiger partial charge in [0.05, 0.1) is 15.5 Å². The summed E-state index contributed by atoms with van der Waals surface area (Å²) in [5.74, 6) is -0.182. The van der Waals surface area contributed by atoms with Gasteiger partial charge in [0, 0.05) is 12.1 Å². The van der Waals surface area contributed by atoms with Crippen LogP contribution in [0.1, 0.15) is 0 Å². The van der Waals surface area contributed by atoms with Crippen LogP contribution >= 0.6 is 43.5 Å². The lowest BCUT2D eigenvalue weighted by molar-refractivity contribution is 0.353. The molecule has 0 radical (unpaired) electrons. The normalized spacial score (nSPS) is 9.81. The third-order valence-electron chi connectivity index (χ3n) is 1.66. The highest BCUT2D eigenvalue weighted by Crippen LogP contribution is 2.32. The minimum absolute atomic E-state index is 0.0197. The number of hydrogen-bond donors (Lipinski definition) is 0. The zero-order chi connectivity index (χ0) is 12.1. The van der Waals surface area contributed by atoms with Gasteiger partial charge in [-0.15, -0.1) is 0 Å². The van der Waals surface area contributed by atoms with Crippen LogP contribution in [0.5, 0.6) is 11.5 Å². The zero-order valence-corrected chi connectivity index (χ0v) is 12.2. The van der Waals surface area contributed by atoms with Gasteiger partial charge in [0.25, 0.3) is 0 Å². The molecule has 6 heteroatoms. The van der Waals surface area contributed by atoms with Crippen molar-refractivity contribution in [2.24, 2.45) is 0 Å². The van der Waals surface area contributed by atoms with E-state index in [1.807, 2.05) is 0 Å². The number of rotatable bonds is 4. The fraction of sp³-hybridized carbons (Fsp3) is 0.200. The summed E-state index contributed by atoms with van der Waals surface area (Å²) in [4.78, 5) is 0. The summed E-state index contributed by atoms with van der Waals surface area (Å²) >= 11 is 12.2. The smallest absolute Gasteiger partial charge is 0.173 e. The van der Waals surface area contributed by atoms with Gasteiger partial charge in [-0.25, -0.2) is 4.39 Å². The predicted molar refractivity (Wildman–Crippen MR) is 69.4 cm³/mol. The fourth-order valence-electron chi connectivity index (χ4n) is 1.02. The first-order valence-electron chi connectivity index (χ1n) is 4.21. The van der Waals surface area contributed by atoms with Crippen LogP contribution in [0, 0.1) is 5.82 Å². The van der Waals surface area contributed by atoms with E-state index in [1.165, 1.54) is 19.2 Å². The van der Waals surface area contributed by atoms with E-state index < -0.39 is 5.82 Å². The Labute approximate surface area is 115 Å². The Kier molecular flexibility index (Phi) is 5.58. The van der Waals surface area contributed by atoms with Gasteiger partial charge in [0.1, 0.15) is 12.4 Å². The molecule has 0 aliphatic carbocycles. The second-order valence-electron chi connectivity index (χ2n) is 2.72. The van der Waals surface area contributed by atoms with Crippen molar-refractivity contribution in [1.82, 2.24) is 0 Å². The first kappa shape index (κ1) is 13.8. The summed E-state index contributed by atoms with van der Waals surface area (Å²) < 4.78 is 24.2. The van der Waals surface area contributed by atoms with E-state index in [-0.39, 0.29) is 10.8 Å². The first-order chi connectivity index (χ1) is 7.54. The Balaban J connectivity index is 2.80. The molecule has 0 unspecified atom stereocenters. The Morgan fingerprint density at radius 3 is 2.69 bits per heavy atom. The molecule has 1 aromatic rings. The number of methoxy groups -OCH3 is 1. The monoisotopic (exact) mass is 372 g/mol. The number of halogens is 4. The molecule has 0 aromatic heterocycles. The molecule has 0 fully saturated rings. The lowest BCUT2D eigenvalue weighted by atomic mass is 10.3. The SMILES string of the molecule is COc1c(F)cc(OCC=C(Br)Br)cc1Cl. The van der Waals surface area contributed by atoms with E-state index in [9.17, 15) is 4.39 Å². The number of hydrogen-bond acceptors (Lipinski definition) is 2. The van der Waals surface area contributed by atoms with Gasteiger partial charge >= 0.3 is 0 Å². The Morgan fingerprint density at radius 1 is 1.50 bits per heavy atom. The topological polar surface area (TPSA) is 18.5 Å².